The van der Waals surface area contributed by atoms with E-state index in [-0.39, 0.29) is 0 Å². The van der Waals surface area contributed by atoms with Crippen LogP contribution < -0.4 is 11.1 Å². The highest BCUT2D eigenvalue weighted by Crippen LogP contribution is 2.14. The standard InChI is InChI=1S/C14H23N3/c1-10(2)13-7-5-12(6-8-13)9-16-14(15)17-11(3)4/h5-8,10-11H,9H2,1-4H3,(H3,15,16,17). The first kappa shape index (κ1) is 13.6. The summed E-state index contributed by atoms with van der Waals surface area (Å²) in [6, 6.07) is 8.86. The van der Waals surface area contributed by atoms with E-state index in [9.17, 15) is 0 Å². The van der Waals surface area contributed by atoms with Crippen molar-refractivity contribution < 1.29 is 0 Å². The van der Waals surface area contributed by atoms with Gasteiger partial charge in [-0.15, -0.1) is 0 Å². The van der Waals surface area contributed by atoms with E-state index in [1.165, 1.54) is 11.1 Å². The number of nitrogens with two attached hydrogens (primary N) is 1. The van der Waals surface area contributed by atoms with Crippen molar-refractivity contribution in [3.05, 3.63) is 35.4 Å². The summed E-state index contributed by atoms with van der Waals surface area (Å²) < 4.78 is 0. The fourth-order valence-electron chi connectivity index (χ4n) is 1.53. The second kappa shape index (κ2) is 6.28. The molecule has 0 radical (unpaired) electrons. The van der Waals surface area contributed by atoms with E-state index < -0.39 is 0 Å². The zero-order valence-corrected chi connectivity index (χ0v) is 11.2. The van der Waals surface area contributed by atoms with Gasteiger partial charge in [-0.1, -0.05) is 38.1 Å². The minimum absolute atomic E-state index is 0.321. The van der Waals surface area contributed by atoms with E-state index in [0.29, 0.717) is 24.5 Å². The molecule has 0 fully saturated rings. The molecule has 0 aliphatic heterocycles. The molecule has 3 nitrogen and oxygen atoms in total. The molecule has 0 bridgehead atoms. The molecule has 0 saturated carbocycles. The Hall–Kier alpha value is -1.51. The molecule has 0 aliphatic rings. The van der Waals surface area contributed by atoms with Crippen LogP contribution in [-0.4, -0.2) is 12.0 Å². The van der Waals surface area contributed by atoms with Gasteiger partial charge in [-0.25, -0.2) is 4.99 Å². The lowest BCUT2D eigenvalue weighted by atomic mass is 10.0. The van der Waals surface area contributed by atoms with Crippen LogP contribution in [-0.2, 0) is 6.54 Å². The van der Waals surface area contributed by atoms with Gasteiger partial charge in [-0.3, -0.25) is 0 Å². The lowest BCUT2D eigenvalue weighted by Crippen LogP contribution is -2.36. The van der Waals surface area contributed by atoms with Crippen LogP contribution in [0.15, 0.2) is 29.3 Å². The average molecular weight is 233 g/mol. The van der Waals surface area contributed by atoms with Gasteiger partial charge in [0.25, 0.3) is 0 Å². The van der Waals surface area contributed by atoms with Crippen molar-refractivity contribution in [2.75, 3.05) is 0 Å². The lowest BCUT2D eigenvalue weighted by Gasteiger charge is -2.09. The smallest absolute Gasteiger partial charge is 0.189 e. The molecule has 17 heavy (non-hydrogen) atoms. The second-order valence-electron chi connectivity index (χ2n) is 4.90. The molecule has 0 atom stereocenters. The molecule has 0 aromatic heterocycles. The summed E-state index contributed by atoms with van der Waals surface area (Å²) in [6.45, 7) is 9.10. The fraction of sp³-hybridized carbons (Fsp3) is 0.500. The van der Waals surface area contributed by atoms with Crippen molar-refractivity contribution in [2.24, 2.45) is 10.7 Å². The monoisotopic (exact) mass is 233 g/mol. The Morgan fingerprint density at radius 1 is 1.18 bits per heavy atom. The maximum absolute atomic E-state index is 5.74. The van der Waals surface area contributed by atoms with Crippen molar-refractivity contribution in [1.82, 2.24) is 5.32 Å². The van der Waals surface area contributed by atoms with Gasteiger partial charge in [0.1, 0.15) is 0 Å². The zero-order chi connectivity index (χ0) is 12.8. The summed E-state index contributed by atoms with van der Waals surface area (Å²) in [4.78, 5) is 4.29. The van der Waals surface area contributed by atoms with Crippen LogP contribution in [0.5, 0.6) is 0 Å². The zero-order valence-electron chi connectivity index (χ0n) is 11.2. The van der Waals surface area contributed by atoms with Crippen LogP contribution >= 0.6 is 0 Å². The molecule has 3 N–H and O–H groups in total. The summed E-state index contributed by atoms with van der Waals surface area (Å²) >= 11 is 0. The van der Waals surface area contributed by atoms with Gasteiger partial charge in [0, 0.05) is 6.04 Å². The number of rotatable bonds is 4. The average Bonchev–Trinajstić information content (AvgIpc) is 2.26. The van der Waals surface area contributed by atoms with Crippen LogP contribution in [0.3, 0.4) is 0 Å². The molecule has 0 saturated heterocycles. The van der Waals surface area contributed by atoms with Gasteiger partial charge in [0.15, 0.2) is 5.96 Å². The lowest BCUT2D eigenvalue weighted by molar-refractivity contribution is 0.723. The number of nitrogens with zero attached hydrogens (tertiary/aromatic N) is 1. The largest absolute Gasteiger partial charge is 0.370 e. The molecule has 0 unspecified atom stereocenters. The molecule has 1 rings (SSSR count). The van der Waals surface area contributed by atoms with Crippen LogP contribution in [0.4, 0.5) is 0 Å². The topological polar surface area (TPSA) is 50.4 Å². The first-order valence-electron chi connectivity index (χ1n) is 6.14. The predicted octanol–water partition coefficient (Wildman–Crippen LogP) is 2.62. The van der Waals surface area contributed by atoms with Crippen molar-refractivity contribution in [3.63, 3.8) is 0 Å². The summed E-state index contributed by atoms with van der Waals surface area (Å²) in [5.41, 5.74) is 8.28. The molecule has 1 aromatic rings. The van der Waals surface area contributed by atoms with E-state index in [2.05, 4.69) is 48.4 Å². The third-order valence-electron chi connectivity index (χ3n) is 2.51. The van der Waals surface area contributed by atoms with E-state index in [0.717, 1.165) is 0 Å². The Morgan fingerprint density at radius 2 is 1.76 bits per heavy atom. The Labute approximate surface area is 104 Å². The minimum Gasteiger partial charge on any atom is -0.370 e. The Bertz CT molecular complexity index is 364. The molecule has 0 heterocycles. The van der Waals surface area contributed by atoms with Crippen LogP contribution in [0, 0.1) is 0 Å². The first-order chi connectivity index (χ1) is 7.99. The number of hydrogen-bond acceptors (Lipinski definition) is 1. The summed E-state index contributed by atoms with van der Waals surface area (Å²) in [5.74, 6) is 1.08. The van der Waals surface area contributed by atoms with Crippen LogP contribution in [0.25, 0.3) is 0 Å². The van der Waals surface area contributed by atoms with Gasteiger partial charge >= 0.3 is 0 Å². The van der Waals surface area contributed by atoms with Crippen LogP contribution in [0.2, 0.25) is 0 Å². The maximum atomic E-state index is 5.74. The quantitative estimate of drug-likeness (QED) is 0.620. The Kier molecular flexibility index (Phi) is 5.01. The fourth-order valence-corrected chi connectivity index (χ4v) is 1.53. The number of aliphatic imine (C=N–C) groups is 1. The SMILES string of the molecule is CC(C)NC(N)=NCc1ccc(C(C)C)cc1. The van der Waals surface area contributed by atoms with Crippen molar-refractivity contribution in [3.8, 4) is 0 Å². The number of hydrogen-bond donors (Lipinski definition) is 2. The molecular weight excluding hydrogens is 210 g/mol. The number of nitrogens with one attached hydrogen (secondary N) is 1. The molecule has 94 valence electrons. The van der Waals surface area contributed by atoms with Gasteiger partial charge in [0.2, 0.25) is 0 Å². The molecule has 0 amide bonds. The van der Waals surface area contributed by atoms with Gasteiger partial charge < -0.3 is 11.1 Å². The second-order valence-corrected chi connectivity index (χ2v) is 4.90. The normalized spacial score (nSPS) is 12.2. The van der Waals surface area contributed by atoms with E-state index in [4.69, 9.17) is 5.73 Å². The van der Waals surface area contributed by atoms with E-state index in [1.807, 2.05) is 13.8 Å². The summed E-state index contributed by atoms with van der Waals surface area (Å²) in [7, 11) is 0. The number of benzene rings is 1. The Balaban J connectivity index is 2.58. The maximum Gasteiger partial charge on any atom is 0.189 e. The van der Waals surface area contributed by atoms with Crippen molar-refractivity contribution in [1.29, 1.82) is 0 Å². The highest BCUT2D eigenvalue weighted by Gasteiger charge is 1.99. The first-order valence-corrected chi connectivity index (χ1v) is 6.14. The Morgan fingerprint density at radius 3 is 2.24 bits per heavy atom. The van der Waals surface area contributed by atoms with Gasteiger partial charge in [0.05, 0.1) is 6.54 Å². The van der Waals surface area contributed by atoms with Crippen LogP contribution in [0.1, 0.15) is 44.7 Å². The van der Waals surface area contributed by atoms with E-state index in [1.54, 1.807) is 0 Å². The predicted molar refractivity (Wildman–Crippen MR) is 74.1 cm³/mol. The van der Waals surface area contributed by atoms with Gasteiger partial charge in [-0.05, 0) is 30.9 Å². The molecule has 1 aromatic carbocycles. The molecular formula is C14H23N3. The molecule has 0 aliphatic carbocycles. The van der Waals surface area contributed by atoms with E-state index >= 15 is 0 Å². The third kappa shape index (κ3) is 4.89. The minimum atomic E-state index is 0.321. The highest BCUT2D eigenvalue weighted by molar-refractivity contribution is 5.78. The van der Waals surface area contributed by atoms with Crippen molar-refractivity contribution in [2.45, 2.75) is 46.2 Å². The number of guanidine groups is 1. The van der Waals surface area contributed by atoms with Crippen molar-refractivity contribution >= 4 is 5.96 Å². The highest BCUT2D eigenvalue weighted by atomic mass is 15.1. The molecule has 3 heteroatoms. The summed E-state index contributed by atoms with van der Waals surface area (Å²) in [5, 5.41) is 3.07. The third-order valence-corrected chi connectivity index (χ3v) is 2.51. The van der Waals surface area contributed by atoms with Gasteiger partial charge in [-0.2, -0.15) is 0 Å². The molecule has 0 spiro atoms. The summed E-state index contributed by atoms with van der Waals surface area (Å²) in [6.07, 6.45) is 0.